The number of nitrogens with one attached hydrogen (secondary N) is 1. The molecule has 0 saturated carbocycles. The molecule has 0 spiro atoms. The third kappa shape index (κ3) is 2.49. The summed E-state index contributed by atoms with van der Waals surface area (Å²) in [6.45, 7) is 0.727. The molecule has 0 bridgehead atoms. The average Bonchev–Trinajstić information content (AvgIpc) is 2.75. The molecule has 1 aromatic carbocycles. The van der Waals surface area contributed by atoms with Gasteiger partial charge in [-0.25, -0.2) is 0 Å². The van der Waals surface area contributed by atoms with Crippen molar-refractivity contribution in [1.82, 2.24) is 0 Å². The summed E-state index contributed by atoms with van der Waals surface area (Å²) in [6.07, 6.45) is 0. The molecule has 0 amide bonds. The fourth-order valence-electron chi connectivity index (χ4n) is 1.42. The predicted octanol–water partition coefficient (Wildman–Crippen LogP) is 4.02. The lowest BCUT2D eigenvalue weighted by atomic mass is 10.3. The zero-order valence-corrected chi connectivity index (χ0v) is 10.4. The van der Waals surface area contributed by atoms with Crippen LogP contribution in [0.4, 0.5) is 5.69 Å². The SMILES string of the molecule is COc1ccsc1CNc1ccccc1Cl. The lowest BCUT2D eigenvalue weighted by Crippen LogP contribution is -1.99. The molecule has 4 heteroatoms. The molecule has 1 heterocycles. The molecule has 1 N–H and O–H groups in total. The van der Waals surface area contributed by atoms with E-state index in [-0.39, 0.29) is 0 Å². The van der Waals surface area contributed by atoms with E-state index in [1.54, 1.807) is 18.4 Å². The Balaban J connectivity index is 2.05. The number of ether oxygens (including phenoxy) is 1. The van der Waals surface area contributed by atoms with Gasteiger partial charge in [0.25, 0.3) is 0 Å². The second kappa shape index (κ2) is 5.23. The van der Waals surface area contributed by atoms with Crippen LogP contribution in [0.15, 0.2) is 35.7 Å². The van der Waals surface area contributed by atoms with E-state index >= 15 is 0 Å². The normalized spacial score (nSPS) is 10.1. The summed E-state index contributed by atoms with van der Waals surface area (Å²) in [5, 5.41) is 6.04. The van der Waals surface area contributed by atoms with Crippen LogP contribution < -0.4 is 10.1 Å². The number of hydrogen-bond donors (Lipinski definition) is 1. The number of halogens is 1. The van der Waals surface area contributed by atoms with Crippen LogP contribution in [-0.4, -0.2) is 7.11 Å². The van der Waals surface area contributed by atoms with Gasteiger partial charge >= 0.3 is 0 Å². The topological polar surface area (TPSA) is 21.3 Å². The number of anilines is 1. The fraction of sp³-hybridized carbons (Fsp3) is 0.167. The van der Waals surface area contributed by atoms with E-state index in [0.29, 0.717) is 0 Å². The summed E-state index contributed by atoms with van der Waals surface area (Å²) in [7, 11) is 1.68. The van der Waals surface area contributed by atoms with Gasteiger partial charge in [-0.05, 0) is 23.6 Å². The molecule has 2 nitrogen and oxygen atoms in total. The van der Waals surface area contributed by atoms with Gasteiger partial charge < -0.3 is 10.1 Å². The summed E-state index contributed by atoms with van der Waals surface area (Å²) >= 11 is 7.72. The maximum Gasteiger partial charge on any atom is 0.134 e. The minimum Gasteiger partial charge on any atom is -0.496 e. The highest BCUT2D eigenvalue weighted by Crippen LogP contribution is 2.27. The first-order valence-corrected chi connectivity index (χ1v) is 6.16. The second-order valence-electron chi connectivity index (χ2n) is 3.25. The Kier molecular flexibility index (Phi) is 3.70. The summed E-state index contributed by atoms with van der Waals surface area (Å²) in [5.74, 6) is 0.921. The van der Waals surface area contributed by atoms with Gasteiger partial charge in [-0.2, -0.15) is 0 Å². The van der Waals surface area contributed by atoms with E-state index in [9.17, 15) is 0 Å². The molecule has 0 aliphatic carbocycles. The van der Waals surface area contributed by atoms with Gasteiger partial charge in [0.1, 0.15) is 5.75 Å². The molecule has 0 aliphatic rings. The minimum absolute atomic E-state index is 0.727. The Bertz CT molecular complexity index is 470. The molecule has 0 fully saturated rings. The standard InChI is InChI=1S/C12H12ClNOS/c1-15-11-6-7-16-12(11)8-14-10-5-3-2-4-9(10)13/h2-7,14H,8H2,1H3. The van der Waals surface area contributed by atoms with E-state index in [1.807, 2.05) is 35.7 Å². The van der Waals surface area contributed by atoms with Crippen molar-refractivity contribution < 1.29 is 4.74 Å². The number of rotatable bonds is 4. The highest BCUT2D eigenvalue weighted by molar-refractivity contribution is 7.10. The van der Waals surface area contributed by atoms with Crippen molar-refractivity contribution in [3.05, 3.63) is 45.6 Å². The van der Waals surface area contributed by atoms with Crippen molar-refractivity contribution in [2.45, 2.75) is 6.54 Å². The van der Waals surface area contributed by atoms with Gasteiger partial charge in [-0.15, -0.1) is 11.3 Å². The van der Waals surface area contributed by atoms with Gasteiger partial charge in [0.15, 0.2) is 0 Å². The van der Waals surface area contributed by atoms with Crippen LogP contribution >= 0.6 is 22.9 Å². The first-order valence-electron chi connectivity index (χ1n) is 4.90. The molecular weight excluding hydrogens is 242 g/mol. The van der Waals surface area contributed by atoms with E-state index < -0.39 is 0 Å². The smallest absolute Gasteiger partial charge is 0.134 e. The van der Waals surface area contributed by atoms with Gasteiger partial charge in [0, 0.05) is 0 Å². The first-order chi connectivity index (χ1) is 7.81. The van der Waals surface area contributed by atoms with Crippen LogP contribution in [0.2, 0.25) is 5.02 Å². The average molecular weight is 254 g/mol. The highest BCUT2D eigenvalue weighted by atomic mass is 35.5. The molecule has 2 aromatic rings. The maximum atomic E-state index is 6.05. The van der Waals surface area contributed by atoms with E-state index in [4.69, 9.17) is 16.3 Å². The Hall–Kier alpha value is -1.19. The molecule has 1 aromatic heterocycles. The monoisotopic (exact) mass is 253 g/mol. The van der Waals surface area contributed by atoms with Crippen LogP contribution in [0.5, 0.6) is 5.75 Å². The Morgan fingerprint density at radius 2 is 2.12 bits per heavy atom. The van der Waals surface area contributed by atoms with Crippen LogP contribution in [0, 0.1) is 0 Å². The molecule has 0 radical (unpaired) electrons. The lowest BCUT2D eigenvalue weighted by molar-refractivity contribution is 0.413. The fourth-order valence-corrected chi connectivity index (χ4v) is 2.40. The first kappa shape index (κ1) is 11.3. The van der Waals surface area contributed by atoms with E-state index in [1.165, 1.54) is 4.88 Å². The maximum absolute atomic E-state index is 6.05. The number of methoxy groups -OCH3 is 1. The zero-order chi connectivity index (χ0) is 11.4. The van der Waals surface area contributed by atoms with E-state index in [0.717, 1.165) is 23.0 Å². The van der Waals surface area contributed by atoms with Gasteiger partial charge in [-0.3, -0.25) is 0 Å². The number of para-hydroxylation sites is 1. The number of benzene rings is 1. The summed E-state index contributed by atoms with van der Waals surface area (Å²) in [4.78, 5) is 1.17. The van der Waals surface area contributed by atoms with Crippen molar-refractivity contribution in [3.8, 4) is 5.75 Å². The summed E-state index contributed by atoms with van der Waals surface area (Å²) < 4.78 is 5.24. The van der Waals surface area contributed by atoms with Gasteiger partial charge in [0.05, 0.1) is 29.2 Å². The summed E-state index contributed by atoms with van der Waals surface area (Å²) in [5.41, 5.74) is 0.944. The van der Waals surface area contributed by atoms with Crippen molar-refractivity contribution >= 4 is 28.6 Å². The van der Waals surface area contributed by atoms with Gasteiger partial charge in [0.2, 0.25) is 0 Å². The molecule has 84 valence electrons. The summed E-state index contributed by atoms with van der Waals surface area (Å²) in [6, 6.07) is 9.67. The Labute approximate surface area is 104 Å². The lowest BCUT2D eigenvalue weighted by Gasteiger charge is -2.08. The third-order valence-corrected chi connectivity index (χ3v) is 3.47. The Morgan fingerprint density at radius 3 is 2.88 bits per heavy atom. The van der Waals surface area contributed by atoms with Crippen molar-refractivity contribution in [1.29, 1.82) is 0 Å². The Morgan fingerprint density at radius 1 is 1.31 bits per heavy atom. The quantitative estimate of drug-likeness (QED) is 0.889. The predicted molar refractivity (Wildman–Crippen MR) is 69.6 cm³/mol. The molecule has 0 aliphatic heterocycles. The van der Waals surface area contributed by atoms with Crippen LogP contribution in [0.25, 0.3) is 0 Å². The molecule has 2 rings (SSSR count). The molecule has 0 atom stereocenters. The molecule has 16 heavy (non-hydrogen) atoms. The van der Waals surface area contributed by atoms with Crippen LogP contribution in [0.1, 0.15) is 4.88 Å². The molecular formula is C12H12ClNOS. The second-order valence-corrected chi connectivity index (χ2v) is 4.65. The highest BCUT2D eigenvalue weighted by Gasteiger charge is 2.04. The van der Waals surface area contributed by atoms with Crippen LogP contribution in [-0.2, 0) is 6.54 Å². The van der Waals surface area contributed by atoms with Crippen molar-refractivity contribution in [3.63, 3.8) is 0 Å². The van der Waals surface area contributed by atoms with Crippen LogP contribution in [0.3, 0.4) is 0 Å². The minimum atomic E-state index is 0.727. The van der Waals surface area contributed by atoms with E-state index in [2.05, 4.69) is 5.32 Å². The van der Waals surface area contributed by atoms with Crippen molar-refractivity contribution in [2.75, 3.05) is 12.4 Å². The zero-order valence-electron chi connectivity index (χ0n) is 8.87. The molecule has 0 unspecified atom stereocenters. The number of thiophene rings is 1. The number of hydrogen-bond acceptors (Lipinski definition) is 3. The largest absolute Gasteiger partial charge is 0.496 e. The van der Waals surface area contributed by atoms with Gasteiger partial charge in [-0.1, -0.05) is 23.7 Å². The van der Waals surface area contributed by atoms with Crippen molar-refractivity contribution in [2.24, 2.45) is 0 Å². The third-order valence-electron chi connectivity index (χ3n) is 2.24. The molecule has 0 saturated heterocycles.